The molecule has 0 unspecified atom stereocenters. The third-order valence-corrected chi connectivity index (χ3v) is 6.62. The van der Waals surface area contributed by atoms with Crippen molar-refractivity contribution in [3.63, 3.8) is 0 Å². The molecule has 2 saturated heterocycles. The van der Waals surface area contributed by atoms with Crippen LogP contribution >= 0.6 is 0 Å². The fourth-order valence-corrected chi connectivity index (χ4v) is 4.99. The van der Waals surface area contributed by atoms with Crippen LogP contribution in [0.1, 0.15) is 50.2 Å². The summed E-state index contributed by atoms with van der Waals surface area (Å²) in [5, 5.41) is 9.26. The maximum absolute atomic E-state index is 13.4. The van der Waals surface area contributed by atoms with E-state index in [1.165, 1.54) is 7.11 Å². The Balaban J connectivity index is 1.70. The summed E-state index contributed by atoms with van der Waals surface area (Å²) in [7, 11) is 1.39. The predicted molar refractivity (Wildman–Crippen MR) is 109 cm³/mol. The van der Waals surface area contributed by atoms with Gasteiger partial charge in [-0.25, -0.2) is 9.59 Å². The molecule has 0 N–H and O–H groups in total. The van der Waals surface area contributed by atoms with Crippen LogP contribution in [0.15, 0.2) is 29.8 Å². The molecule has 0 aliphatic carbocycles. The van der Waals surface area contributed by atoms with Crippen LogP contribution < -0.4 is 0 Å². The summed E-state index contributed by atoms with van der Waals surface area (Å²) in [5.41, 5.74) is 2.93. The van der Waals surface area contributed by atoms with Gasteiger partial charge in [0.1, 0.15) is 0 Å². The first-order valence-corrected chi connectivity index (χ1v) is 10.4. The number of nitrogens with zero attached hydrogens (tertiary/aromatic N) is 3. The number of rotatable bonds is 2. The van der Waals surface area contributed by atoms with E-state index in [2.05, 4.69) is 13.0 Å². The van der Waals surface area contributed by atoms with Gasteiger partial charge in [0.15, 0.2) is 0 Å². The fraction of sp³-hybridized carbons (Fsp3) is 0.522. The number of hydrogen-bond donors (Lipinski definition) is 0. The number of ether oxygens (including phenoxy) is 1. The summed E-state index contributed by atoms with van der Waals surface area (Å²) >= 11 is 0. The number of carbonyl (C=O) groups excluding carboxylic acids is 2. The van der Waals surface area contributed by atoms with Crippen molar-refractivity contribution < 1.29 is 14.3 Å². The van der Waals surface area contributed by atoms with Gasteiger partial charge in [-0.15, -0.1) is 0 Å². The summed E-state index contributed by atoms with van der Waals surface area (Å²) in [6.45, 7) is 3.79. The molecule has 29 heavy (non-hydrogen) atoms. The zero-order valence-corrected chi connectivity index (χ0v) is 17.1. The van der Waals surface area contributed by atoms with Gasteiger partial charge in [-0.1, -0.05) is 19.1 Å². The van der Waals surface area contributed by atoms with Crippen LogP contribution in [-0.2, 0) is 9.53 Å². The normalized spacial score (nSPS) is 24.4. The van der Waals surface area contributed by atoms with Crippen molar-refractivity contribution in [1.29, 1.82) is 5.26 Å². The number of benzene rings is 1. The van der Waals surface area contributed by atoms with Gasteiger partial charge >= 0.3 is 12.0 Å². The monoisotopic (exact) mass is 393 g/mol. The summed E-state index contributed by atoms with van der Waals surface area (Å²) in [6.07, 6.45) is 4.32. The van der Waals surface area contributed by atoms with E-state index < -0.39 is 0 Å². The Kier molecular flexibility index (Phi) is 5.31. The van der Waals surface area contributed by atoms with Crippen molar-refractivity contribution in [2.75, 3.05) is 20.2 Å². The number of likely N-dealkylation sites (tertiary alicyclic amines) is 1. The van der Waals surface area contributed by atoms with Crippen LogP contribution in [0.25, 0.3) is 5.57 Å². The molecule has 2 amide bonds. The van der Waals surface area contributed by atoms with E-state index in [0.29, 0.717) is 23.5 Å². The number of hydrogen-bond acceptors (Lipinski definition) is 4. The third-order valence-electron chi connectivity index (χ3n) is 6.62. The summed E-state index contributed by atoms with van der Waals surface area (Å²) in [6, 6.07) is 9.39. The number of methoxy groups -OCH3 is 1. The van der Waals surface area contributed by atoms with E-state index in [-0.39, 0.29) is 24.1 Å². The van der Waals surface area contributed by atoms with Gasteiger partial charge in [-0.2, -0.15) is 5.26 Å². The van der Waals surface area contributed by atoms with Gasteiger partial charge in [0.05, 0.1) is 30.4 Å². The fourth-order valence-electron chi connectivity index (χ4n) is 4.99. The van der Waals surface area contributed by atoms with Gasteiger partial charge in [-0.3, -0.25) is 0 Å². The van der Waals surface area contributed by atoms with E-state index in [1.54, 1.807) is 6.07 Å². The van der Waals surface area contributed by atoms with E-state index in [1.807, 2.05) is 28.0 Å². The second-order valence-electron chi connectivity index (χ2n) is 8.39. The van der Waals surface area contributed by atoms with Crippen LogP contribution in [0.4, 0.5) is 4.79 Å². The largest absolute Gasteiger partial charge is 0.466 e. The predicted octanol–water partition coefficient (Wildman–Crippen LogP) is 3.57. The lowest BCUT2D eigenvalue weighted by atomic mass is 9.88. The standard InChI is InChI=1S/C23H27N3O3/c1-15-8-10-25(11-9-15)23(28)26-18-6-7-20(26)21(22(27)29-2)19(13-18)17-5-3-4-16(12-17)14-24/h3-5,12,15,18,20H,6-11,13H2,1-2H3/t18-,20+/m0/s1. The molecule has 3 aliphatic rings. The Morgan fingerprint density at radius 2 is 1.93 bits per heavy atom. The van der Waals surface area contributed by atoms with Crippen molar-refractivity contribution in [2.45, 2.75) is 51.1 Å². The minimum atomic E-state index is -0.377. The Morgan fingerprint density at radius 1 is 1.17 bits per heavy atom. The molecule has 1 aromatic carbocycles. The lowest BCUT2D eigenvalue weighted by molar-refractivity contribution is -0.136. The average molecular weight is 393 g/mol. The molecule has 6 nitrogen and oxygen atoms in total. The molecule has 152 valence electrons. The van der Waals surface area contributed by atoms with E-state index >= 15 is 0 Å². The van der Waals surface area contributed by atoms with Crippen LogP contribution in [0.5, 0.6) is 0 Å². The molecule has 6 heteroatoms. The van der Waals surface area contributed by atoms with Gasteiger partial charge in [-0.05, 0) is 61.3 Å². The van der Waals surface area contributed by atoms with E-state index in [9.17, 15) is 14.9 Å². The molecule has 0 spiro atoms. The number of urea groups is 1. The lowest BCUT2D eigenvalue weighted by Gasteiger charge is -2.41. The summed E-state index contributed by atoms with van der Waals surface area (Å²) in [4.78, 5) is 30.0. The number of fused-ring (bicyclic) bond motifs is 2. The number of nitriles is 1. The van der Waals surface area contributed by atoms with Crippen LogP contribution in [0.3, 0.4) is 0 Å². The topological polar surface area (TPSA) is 73.6 Å². The van der Waals surface area contributed by atoms with Crippen molar-refractivity contribution >= 4 is 17.6 Å². The molecule has 0 aromatic heterocycles. The molecule has 3 heterocycles. The number of amides is 2. The number of esters is 1. The first-order valence-electron chi connectivity index (χ1n) is 10.4. The highest BCUT2D eigenvalue weighted by Crippen LogP contribution is 2.44. The van der Waals surface area contributed by atoms with Crippen LogP contribution in [-0.4, -0.2) is 54.1 Å². The Hall–Kier alpha value is -2.81. The molecule has 0 saturated carbocycles. The molecular weight excluding hydrogens is 366 g/mol. The van der Waals surface area contributed by atoms with E-state index in [4.69, 9.17) is 4.74 Å². The second kappa shape index (κ2) is 7.90. The van der Waals surface area contributed by atoms with Gasteiger partial charge in [0.25, 0.3) is 0 Å². The average Bonchev–Trinajstić information content (AvgIpc) is 3.06. The maximum Gasteiger partial charge on any atom is 0.336 e. The first kappa shape index (κ1) is 19.5. The highest BCUT2D eigenvalue weighted by Gasteiger charge is 2.47. The highest BCUT2D eigenvalue weighted by atomic mass is 16.5. The third kappa shape index (κ3) is 3.50. The van der Waals surface area contributed by atoms with Crippen molar-refractivity contribution in [2.24, 2.45) is 5.92 Å². The smallest absolute Gasteiger partial charge is 0.336 e. The number of piperidine rings is 1. The molecule has 2 atom stereocenters. The summed E-state index contributed by atoms with van der Waals surface area (Å²) in [5.74, 6) is 0.277. The van der Waals surface area contributed by atoms with E-state index in [0.717, 1.165) is 49.9 Å². The Bertz CT molecular complexity index is 893. The molecule has 2 fully saturated rings. The second-order valence-corrected chi connectivity index (χ2v) is 8.39. The molecule has 2 bridgehead atoms. The van der Waals surface area contributed by atoms with Crippen LogP contribution in [0.2, 0.25) is 0 Å². The molecular formula is C23H27N3O3. The number of carbonyl (C=O) groups is 2. The molecule has 0 radical (unpaired) electrons. The highest BCUT2D eigenvalue weighted by molar-refractivity contribution is 6.01. The lowest BCUT2D eigenvalue weighted by Crippen LogP contribution is -2.53. The zero-order chi connectivity index (χ0) is 20.5. The first-order chi connectivity index (χ1) is 14.0. The molecule has 3 aliphatic heterocycles. The quantitative estimate of drug-likeness (QED) is 0.720. The zero-order valence-electron chi connectivity index (χ0n) is 17.1. The van der Waals surface area contributed by atoms with Gasteiger partial charge < -0.3 is 14.5 Å². The minimum Gasteiger partial charge on any atom is -0.466 e. The SMILES string of the molecule is COC(=O)C1=C(c2cccc(C#N)c2)C[C@@H]2CC[C@H]1N2C(=O)N1CCC(C)CC1. The van der Waals surface area contributed by atoms with Crippen LogP contribution in [0, 0.1) is 17.2 Å². The molecule has 1 aromatic rings. The van der Waals surface area contributed by atoms with Crippen molar-refractivity contribution in [1.82, 2.24) is 9.80 Å². The Labute approximate surface area is 171 Å². The minimum absolute atomic E-state index is 0.0515. The van der Waals surface area contributed by atoms with Gasteiger partial charge in [0.2, 0.25) is 0 Å². The maximum atomic E-state index is 13.4. The van der Waals surface area contributed by atoms with Gasteiger partial charge in [0, 0.05) is 19.1 Å². The Morgan fingerprint density at radius 3 is 2.62 bits per heavy atom. The summed E-state index contributed by atoms with van der Waals surface area (Å²) < 4.78 is 5.12. The van der Waals surface area contributed by atoms with Crippen molar-refractivity contribution in [3.05, 3.63) is 41.0 Å². The molecule has 4 rings (SSSR count). The van der Waals surface area contributed by atoms with Crippen molar-refractivity contribution in [3.8, 4) is 6.07 Å².